The molecule has 4 rings (SSSR count). The molecule has 13 heteroatoms. The van der Waals surface area contributed by atoms with E-state index >= 15 is 0 Å². The highest BCUT2D eigenvalue weighted by molar-refractivity contribution is 6.34. The molecule has 4 aromatic rings. The van der Waals surface area contributed by atoms with Crippen molar-refractivity contribution < 1.29 is 37.3 Å². The maximum Gasteiger partial charge on any atom is 0.573 e. The Hall–Kier alpha value is -4.22. The Balaban J connectivity index is 1.63. The molecule has 0 radical (unpaired) electrons. The number of benzene rings is 3. The summed E-state index contributed by atoms with van der Waals surface area (Å²) >= 11 is 12.3. The Morgan fingerprint density at radius 1 is 0.949 bits per heavy atom. The molecule has 1 amide bonds. The molecule has 0 aliphatic carbocycles. The summed E-state index contributed by atoms with van der Waals surface area (Å²) in [6, 6.07) is 16.0. The lowest BCUT2D eigenvalue weighted by Crippen LogP contribution is -2.25. The molecule has 0 fully saturated rings. The number of carboxylic acid groups (broad SMARTS) is 1. The number of hydrogen-bond acceptors (Lipinski definition) is 5. The largest absolute Gasteiger partial charge is 0.573 e. The summed E-state index contributed by atoms with van der Waals surface area (Å²) in [5, 5.41) is 16.4. The number of carbonyl (C=O) groups excluding carboxylic acids is 1. The Morgan fingerprint density at radius 3 is 2.15 bits per heavy atom. The molecule has 1 aromatic heterocycles. The van der Waals surface area contributed by atoms with E-state index in [2.05, 4.69) is 15.2 Å². The molecule has 3 aromatic carbocycles. The molecule has 0 saturated heterocycles. The second-order valence-corrected chi connectivity index (χ2v) is 8.89. The molecular formula is C26H18Cl2F3N3O5. The van der Waals surface area contributed by atoms with Gasteiger partial charge in [0.1, 0.15) is 11.5 Å². The van der Waals surface area contributed by atoms with Crippen LogP contribution in [0.2, 0.25) is 10.0 Å². The van der Waals surface area contributed by atoms with E-state index in [1.165, 1.54) is 41.1 Å². The molecule has 8 nitrogen and oxygen atoms in total. The summed E-state index contributed by atoms with van der Waals surface area (Å²) < 4.78 is 49.1. The summed E-state index contributed by atoms with van der Waals surface area (Å²) in [4.78, 5) is 22.8. The fourth-order valence-electron chi connectivity index (χ4n) is 3.44. The first kappa shape index (κ1) is 27.8. The number of carbonyl (C=O) groups is 2. The molecule has 202 valence electrons. The molecule has 0 spiro atoms. The standard InChI is InChI=1S/C26H18Cl2F3N3O5/c27-17-11-18(28)13-19(12-17)34-14-22(15-1-7-21(8-2-15)39-26(29,30)31)25(33-34)38-20-5-3-16(4-6-20)24(37)32-10-9-23(35)36/h1-8,11-14H,9-10H2,(H,32,37)(H,35,36). The summed E-state index contributed by atoms with van der Waals surface area (Å²) in [7, 11) is 0. The minimum atomic E-state index is -4.83. The number of nitrogens with one attached hydrogen (secondary N) is 1. The van der Waals surface area contributed by atoms with Gasteiger partial charge < -0.3 is 19.9 Å². The molecule has 2 N–H and O–H groups in total. The third-order valence-corrected chi connectivity index (χ3v) is 5.58. The van der Waals surface area contributed by atoms with Gasteiger partial charge in [0.2, 0.25) is 5.88 Å². The third kappa shape index (κ3) is 7.65. The van der Waals surface area contributed by atoms with Crippen molar-refractivity contribution in [1.29, 1.82) is 0 Å². The van der Waals surface area contributed by atoms with Gasteiger partial charge in [-0.3, -0.25) is 9.59 Å². The molecular weight excluding hydrogens is 562 g/mol. The highest BCUT2D eigenvalue weighted by atomic mass is 35.5. The molecule has 39 heavy (non-hydrogen) atoms. The van der Waals surface area contributed by atoms with Gasteiger partial charge in [-0.15, -0.1) is 18.3 Å². The zero-order valence-corrected chi connectivity index (χ0v) is 21.2. The number of amides is 1. The maximum absolute atomic E-state index is 12.6. The van der Waals surface area contributed by atoms with Gasteiger partial charge in [-0.25, -0.2) is 4.68 Å². The van der Waals surface area contributed by atoms with E-state index in [4.69, 9.17) is 33.0 Å². The van der Waals surface area contributed by atoms with Crippen LogP contribution in [0.1, 0.15) is 16.8 Å². The van der Waals surface area contributed by atoms with Gasteiger partial charge in [0.05, 0.1) is 17.7 Å². The molecule has 0 aliphatic heterocycles. The van der Waals surface area contributed by atoms with Crippen molar-refractivity contribution in [1.82, 2.24) is 15.1 Å². The van der Waals surface area contributed by atoms with Crippen LogP contribution in [0, 0.1) is 0 Å². The van der Waals surface area contributed by atoms with Crippen molar-refractivity contribution in [2.75, 3.05) is 6.54 Å². The second-order valence-electron chi connectivity index (χ2n) is 8.02. The predicted molar refractivity (Wildman–Crippen MR) is 137 cm³/mol. The van der Waals surface area contributed by atoms with Crippen LogP contribution in [-0.4, -0.2) is 39.7 Å². The summed E-state index contributed by atoms with van der Waals surface area (Å²) in [6.07, 6.45) is -3.44. The number of aliphatic carboxylic acids is 1. The van der Waals surface area contributed by atoms with Crippen LogP contribution in [-0.2, 0) is 4.79 Å². The van der Waals surface area contributed by atoms with E-state index in [0.717, 1.165) is 12.1 Å². The maximum atomic E-state index is 12.6. The van der Waals surface area contributed by atoms with Gasteiger partial charge in [0.15, 0.2) is 0 Å². The minimum Gasteiger partial charge on any atom is -0.481 e. The smallest absolute Gasteiger partial charge is 0.481 e. The predicted octanol–water partition coefficient (Wildman–Crippen LogP) is 6.74. The first-order chi connectivity index (χ1) is 18.5. The fraction of sp³-hybridized carbons (Fsp3) is 0.115. The minimum absolute atomic E-state index is 0.0203. The van der Waals surface area contributed by atoms with Crippen LogP contribution in [0.25, 0.3) is 16.8 Å². The Bertz CT molecular complexity index is 1470. The van der Waals surface area contributed by atoms with Crippen molar-refractivity contribution in [3.63, 3.8) is 0 Å². The zero-order chi connectivity index (χ0) is 28.2. The van der Waals surface area contributed by atoms with E-state index in [1.807, 2.05) is 0 Å². The molecule has 0 aliphatic rings. The number of nitrogens with zero attached hydrogens (tertiary/aromatic N) is 2. The van der Waals surface area contributed by atoms with Crippen LogP contribution < -0.4 is 14.8 Å². The second kappa shape index (κ2) is 11.7. The molecule has 0 bridgehead atoms. The van der Waals surface area contributed by atoms with E-state index in [1.54, 1.807) is 24.4 Å². The third-order valence-electron chi connectivity index (χ3n) is 5.15. The Morgan fingerprint density at radius 2 is 1.56 bits per heavy atom. The normalized spacial score (nSPS) is 11.2. The van der Waals surface area contributed by atoms with Crippen LogP contribution in [0.4, 0.5) is 13.2 Å². The number of rotatable bonds is 9. The average Bonchev–Trinajstić information content (AvgIpc) is 3.27. The van der Waals surface area contributed by atoms with Crippen molar-refractivity contribution in [2.24, 2.45) is 0 Å². The summed E-state index contributed by atoms with van der Waals surface area (Å²) in [5.41, 5.74) is 1.70. The first-order valence-electron chi connectivity index (χ1n) is 11.2. The average molecular weight is 580 g/mol. The van der Waals surface area contributed by atoms with E-state index in [9.17, 15) is 22.8 Å². The van der Waals surface area contributed by atoms with Gasteiger partial charge >= 0.3 is 12.3 Å². The van der Waals surface area contributed by atoms with Gasteiger partial charge in [0, 0.05) is 28.4 Å². The highest BCUT2D eigenvalue weighted by Crippen LogP contribution is 2.35. The van der Waals surface area contributed by atoms with Gasteiger partial charge in [-0.2, -0.15) is 0 Å². The van der Waals surface area contributed by atoms with Crippen LogP contribution >= 0.6 is 23.2 Å². The van der Waals surface area contributed by atoms with E-state index in [0.29, 0.717) is 32.6 Å². The lowest BCUT2D eigenvalue weighted by Gasteiger charge is -2.10. The topological polar surface area (TPSA) is 103 Å². The van der Waals surface area contributed by atoms with E-state index < -0.39 is 18.2 Å². The van der Waals surface area contributed by atoms with Crippen molar-refractivity contribution in [3.05, 3.63) is 88.5 Å². The lowest BCUT2D eigenvalue weighted by molar-refractivity contribution is -0.274. The Kier molecular flexibility index (Phi) is 8.32. The van der Waals surface area contributed by atoms with Crippen molar-refractivity contribution >= 4 is 35.1 Å². The van der Waals surface area contributed by atoms with E-state index in [-0.39, 0.29) is 30.2 Å². The first-order valence-corrected chi connectivity index (χ1v) is 11.9. The summed E-state index contributed by atoms with van der Waals surface area (Å²) in [5.74, 6) is -1.46. The van der Waals surface area contributed by atoms with Crippen LogP contribution in [0.5, 0.6) is 17.4 Å². The van der Waals surface area contributed by atoms with Gasteiger partial charge in [-0.1, -0.05) is 35.3 Å². The number of alkyl halides is 3. The Labute approximate surface area is 229 Å². The monoisotopic (exact) mass is 579 g/mol. The quantitative estimate of drug-likeness (QED) is 0.227. The highest BCUT2D eigenvalue weighted by Gasteiger charge is 2.31. The summed E-state index contributed by atoms with van der Waals surface area (Å²) in [6.45, 7) is -0.0203. The number of halogens is 5. The molecule has 0 unspecified atom stereocenters. The zero-order valence-electron chi connectivity index (χ0n) is 19.7. The van der Waals surface area contributed by atoms with Gasteiger partial charge in [-0.05, 0) is 60.2 Å². The van der Waals surface area contributed by atoms with Gasteiger partial charge in [0.25, 0.3) is 5.91 Å². The number of aromatic nitrogens is 2. The van der Waals surface area contributed by atoms with Crippen LogP contribution in [0.3, 0.4) is 0 Å². The fourth-order valence-corrected chi connectivity index (χ4v) is 3.96. The lowest BCUT2D eigenvalue weighted by atomic mass is 10.1. The number of carboxylic acids is 1. The molecule has 0 atom stereocenters. The van der Waals surface area contributed by atoms with Crippen LogP contribution in [0.15, 0.2) is 72.9 Å². The molecule has 1 heterocycles. The SMILES string of the molecule is O=C(O)CCNC(=O)c1ccc(Oc2nn(-c3cc(Cl)cc(Cl)c3)cc2-c2ccc(OC(F)(F)F)cc2)cc1. The van der Waals surface area contributed by atoms with Crippen molar-refractivity contribution in [2.45, 2.75) is 12.8 Å². The number of ether oxygens (including phenoxy) is 2. The number of hydrogen-bond donors (Lipinski definition) is 2. The van der Waals surface area contributed by atoms with Crippen molar-refractivity contribution in [3.8, 4) is 34.2 Å². The molecule has 0 saturated carbocycles.